The maximum atomic E-state index is 13.4. The molecule has 0 saturated carbocycles. The van der Waals surface area contributed by atoms with E-state index in [1.54, 1.807) is 13.1 Å². The molecule has 9 heteroatoms. The molecule has 3 aromatic rings. The molecule has 34 heavy (non-hydrogen) atoms. The number of rotatable bonds is 7. The molecule has 0 amide bonds. The van der Waals surface area contributed by atoms with Crippen LogP contribution in [0.5, 0.6) is 0 Å². The zero-order valence-electron chi connectivity index (χ0n) is 19.7. The van der Waals surface area contributed by atoms with E-state index < -0.39 is 0 Å². The Bertz CT molecular complexity index is 1340. The van der Waals surface area contributed by atoms with Crippen LogP contribution in [0.2, 0.25) is 0 Å². The predicted octanol–water partition coefficient (Wildman–Crippen LogP) is 2.39. The monoisotopic (exact) mass is 458 g/mol. The number of nitrogens with two attached hydrogens (primary N) is 1. The quantitative estimate of drug-likeness (QED) is 0.432. The summed E-state index contributed by atoms with van der Waals surface area (Å²) in [5.74, 6) is 6.73. The van der Waals surface area contributed by atoms with Gasteiger partial charge < -0.3 is 10.6 Å². The third-order valence-corrected chi connectivity index (χ3v) is 6.01. The Morgan fingerprint density at radius 3 is 2.94 bits per heavy atom. The van der Waals surface area contributed by atoms with Crippen molar-refractivity contribution in [1.82, 2.24) is 19.3 Å². The predicted molar refractivity (Wildman–Crippen MR) is 137 cm³/mol. The van der Waals surface area contributed by atoms with Gasteiger partial charge in [0.15, 0.2) is 0 Å². The molecule has 0 radical (unpaired) electrons. The summed E-state index contributed by atoms with van der Waals surface area (Å²) < 4.78 is 3.34. The fourth-order valence-corrected chi connectivity index (χ4v) is 4.29. The Morgan fingerprint density at radius 2 is 2.18 bits per heavy atom. The molecule has 9 nitrogen and oxygen atoms in total. The second-order valence-electron chi connectivity index (χ2n) is 8.32. The number of nitrogens with zero attached hydrogens (tertiary/aromatic N) is 7. The van der Waals surface area contributed by atoms with Crippen LogP contribution in [0, 0.1) is 11.8 Å². The van der Waals surface area contributed by atoms with E-state index in [9.17, 15) is 4.79 Å². The molecule has 0 aliphatic carbocycles. The lowest BCUT2D eigenvalue weighted by Crippen LogP contribution is -2.44. The summed E-state index contributed by atoms with van der Waals surface area (Å²) in [5, 5.41) is 4.36. The third kappa shape index (κ3) is 4.77. The minimum atomic E-state index is -0.198. The number of benzene rings is 1. The molecular weight excluding hydrogens is 428 g/mol. The SMILES string of the molecule is C=Nc1ccccc1C(C)=NCCn1ncc2nc(N3CCCC(N)C3)n(CC#CC)c2c1=O. The summed E-state index contributed by atoms with van der Waals surface area (Å²) in [6.45, 7) is 10.0. The molecule has 3 heterocycles. The van der Waals surface area contributed by atoms with Gasteiger partial charge in [-0.1, -0.05) is 24.1 Å². The lowest BCUT2D eigenvalue weighted by molar-refractivity contribution is 0.496. The van der Waals surface area contributed by atoms with Gasteiger partial charge in [0, 0.05) is 30.4 Å². The molecule has 0 spiro atoms. The summed E-state index contributed by atoms with van der Waals surface area (Å²) in [6, 6.07) is 7.81. The van der Waals surface area contributed by atoms with Gasteiger partial charge in [-0.15, -0.1) is 5.92 Å². The van der Waals surface area contributed by atoms with E-state index in [1.807, 2.05) is 35.8 Å². The largest absolute Gasteiger partial charge is 0.341 e. The summed E-state index contributed by atoms with van der Waals surface area (Å²) >= 11 is 0. The highest BCUT2D eigenvalue weighted by Crippen LogP contribution is 2.23. The first kappa shape index (κ1) is 23.4. The molecule has 1 atom stereocenters. The fourth-order valence-electron chi connectivity index (χ4n) is 4.29. The van der Waals surface area contributed by atoms with Crippen LogP contribution < -0.4 is 16.2 Å². The first-order valence-corrected chi connectivity index (χ1v) is 11.5. The highest BCUT2D eigenvalue weighted by Gasteiger charge is 2.24. The van der Waals surface area contributed by atoms with Crippen molar-refractivity contribution >= 4 is 35.1 Å². The number of aromatic nitrogens is 4. The molecule has 4 rings (SSSR count). The van der Waals surface area contributed by atoms with Crippen LogP contribution in [0.4, 0.5) is 11.6 Å². The molecule has 1 aliphatic rings. The van der Waals surface area contributed by atoms with Gasteiger partial charge in [-0.3, -0.25) is 19.3 Å². The van der Waals surface area contributed by atoms with E-state index in [4.69, 9.17) is 10.7 Å². The van der Waals surface area contributed by atoms with Gasteiger partial charge in [0.1, 0.15) is 11.0 Å². The minimum absolute atomic E-state index is 0.0941. The van der Waals surface area contributed by atoms with Gasteiger partial charge in [-0.05, 0) is 39.5 Å². The Balaban J connectivity index is 1.64. The van der Waals surface area contributed by atoms with Crippen LogP contribution >= 0.6 is 0 Å². The van der Waals surface area contributed by atoms with Gasteiger partial charge in [-0.25, -0.2) is 9.67 Å². The van der Waals surface area contributed by atoms with Crippen LogP contribution in [-0.4, -0.2) is 57.4 Å². The lowest BCUT2D eigenvalue weighted by Gasteiger charge is -2.31. The number of hydrogen-bond donors (Lipinski definition) is 1. The van der Waals surface area contributed by atoms with Crippen molar-refractivity contribution in [3.63, 3.8) is 0 Å². The second kappa shape index (κ2) is 10.4. The first-order valence-electron chi connectivity index (χ1n) is 11.5. The van der Waals surface area contributed by atoms with Crippen LogP contribution in [0.3, 0.4) is 0 Å². The van der Waals surface area contributed by atoms with E-state index in [1.165, 1.54) is 4.68 Å². The Morgan fingerprint density at radius 1 is 1.35 bits per heavy atom. The van der Waals surface area contributed by atoms with Crippen molar-refractivity contribution in [3.8, 4) is 11.8 Å². The van der Waals surface area contributed by atoms with E-state index in [0.29, 0.717) is 37.2 Å². The zero-order chi connectivity index (χ0) is 24.1. The van der Waals surface area contributed by atoms with Gasteiger partial charge >= 0.3 is 0 Å². The summed E-state index contributed by atoms with van der Waals surface area (Å²) in [4.78, 5) is 29.0. The average Bonchev–Trinajstić information content (AvgIpc) is 3.23. The van der Waals surface area contributed by atoms with Crippen molar-refractivity contribution < 1.29 is 0 Å². The van der Waals surface area contributed by atoms with E-state index in [0.717, 1.165) is 42.3 Å². The first-order chi connectivity index (χ1) is 16.5. The number of aliphatic imine (C=N–C) groups is 2. The molecule has 1 saturated heterocycles. The molecule has 1 aliphatic heterocycles. The van der Waals surface area contributed by atoms with Gasteiger partial charge in [0.25, 0.3) is 5.56 Å². The normalized spacial score (nSPS) is 16.4. The number of piperidine rings is 1. The van der Waals surface area contributed by atoms with E-state index in [2.05, 4.69) is 38.5 Å². The number of anilines is 1. The highest BCUT2D eigenvalue weighted by atomic mass is 16.1. The Hall–Kier alpha value is -3.77. The van der Waals surface area contributed by atoms with Crippen molar-refractivity contribution in [1.29, 1.82) is 0 Å². The van der Waals surface area contributed by atoms with Crippen LogP contribution in [0.1, 0.15) is 32.3 Å². The van der Waals surface area contributed by atoms with Crippen LogP contribution in [0.25, 0.3) is 11.0 Å². The smallest absolute Gasteiger partial charge is 0.293 e. The van der Waals surface area contributed by atoms with Crippen LogP contribution in [-0.2, 0) is 13.1 Å². The third-order valence-electron chi connectivity index (χ3n) is 6.01. The molecule has 1 unspecified atom stereocenters. The molecule has 1 aromatic carbocycles. The summed E-state index contributed by atoms with van der Waals surface area (Å²) in [6.07, 6.45) is 3.63. The number of fused-ring (bicyclic) bond motifs is 1. The van der Waals surface area contributed by atoms with E-state index >= 15 is 0 Å². The van der Waals surface area contributed by atoms with Crippen molar-refractivity contribution in [2.75, 3.05) is 24.5 Å². The fraction of sp³-hybridized carbons (Fsp3) is 0.400. The van der Waals surface area contributed by atoms with Crippen LogP contribution in [0.15, 0.2) is 45.2 Å². The van der Waals surface area contributed by atoms with Crippen molar-refractivity contribution in [3.05, 3.63) is 46.4 Å². The maximum Gasteiger partial charge on any atom is 0.293 e. The molecule has 176 valence electrons. The van der Waals surface area contributed by atoms with Crippen molar-refractivity contribution in [2.24, 2.45) is 15.7 Å². The van der Waals surface area contributed by atoms with Gasteiger partial charge in [0.05, 0.1) is 31.5 Å². The second-order valence-corrected chi connectivity index (χ2v) is 8.32. The number of para-hydroxylation sites is 1. The van der Waals surface area contributed by atoms with Gasteiger partial charge in [-0.2, -0.15) is 5.10 Å². The molecule has 2 N–H and O–H groups in total. The lowest BCUT2D eigenvalue weighted by atomic mass is 10.1. The Kier molecular flexibility index (Phi) is 7.18. The number of hydrogen-bond acceptors (Lipinski definition) is 7. The summed E-state index contributed by atoms with van der Waals surface area (Å²) in [7, 11) is 0. The molecule has 1 fully saturated rings. The maximum absolute atomic E-state index is 13.4. The molecule has 2 aromatic heterocycles. The van der Waals surface area contributed by atoms with E-state index in [-0.39, 0.29) is 11.6 Å². The summed E-state index contributed by atoms with van der Waals surface area (Å²) in [5.41, 5.74) is 9.62. The van der Waals surface area contributed by atoms with Crippen molar-refractivity contribution in [2.45, 2.75) is 45.8 Å². The standard InChI is InChI=1S/C25H30N8O/c1-4-5-14-32-23-22(30-25(32)31-13-8-9-19(26)17-31)16-29-33(24(23)34)15-12-28-18(2)20-10-6-7-11-21(20)27-3/h6-7,10-11,16,19H,3,8-9,12-15,17,26H2,1-2H3. The molecular formula is C25H30N8O. The Labute approximate surface area is 199 Å². The topological polar surface area (TPSA) is 107 Å². The van der Waals surface area contributed by atoms with Gasteiger partial charge in [0.2, 0.25) is 5.95 Å². The highest BCUT2D eigenvalue weighted by molar-refractivity contribution is 6.03. The number of imidazole rings is 1. The average molecular weight is 459 g/mol. The zero-order valence-corrected chi connectivity index (χ0v) is 19.7. The molecule has 0 bridgehead atoms. The minimum Gasteiger partial charge on any atom is -0.341 e.